The van der Waals surface area contributed by atoms with E-state index in [0.717, 1.165) is 30.7 Å². The number of Topliss-reactive ketones (excluding diaryl/α,β-unsaturated/α-hetero) is 1. The maximum absolute atomic E-state index is 13.4. The topological polar surface area (TPSA) is 68.5 Å². The molecule has 0 amide bonds. The van der Waals surface area contributed by atoms with E-state index in [4.69, 9.17) is 16.3 Å². The summed E-state index contributed by atoms with van der Waals surface area (Å²) in [6.45, 7) is -0.0529. The summed E-state index contributed by atoms with van der Waals surface area (Å²) in [5.41, 5.74) is 0.919. The van der Waals surface area contributed by atoms with Crippen LogP contribution in [0.15, 0.2) is 42.7 Å². The molecule has 1 aromatic carbocycles. The molecule has 8 heteroatoms. The fourth-order valence-electron chi connectivity index (χ4n) is 4.67. The maximum atomic E-state index is 13.4. The van der Waals surface area contributed by atoms with Crippen LogP contribution in [0.2, 0.25) is 5.02 Å². The Balaban J connectivity index is 1.12. The Labute approximate surface area is 165 Å². The van der Waals surface area contributed by atoms with Gasteiger partial charge in [0.15, 0.2) is 11.4 Å². The van der Waals surface area contributed by atoms with Gasteiger partial charge in [-0.05, 0) is 42.9 Å². The van der Waals surface area contributed by atoms with E-state index in [9.17, 15) is 9.18 Å². The number of rotatable bonds is 7. The minimum Gasteiger partial charge on any atom is -0.486 e. The Hall–Kier alpha value is -2.67. The normalized spacial score (nSPS) is 25.1. The van der Waals surface area contributed by atoms with E-state index in [2.05, 4.69) is 15.4 Å². The van der Waals surface area contributed by atoms with Crippen molar-refractivity contribution in [3.63, 3.8) is 0 Å². The summed E-state index contributed by atoms with van der Waals surface area (Å²) in [4.78, 5) is 16.8. The molecule has 3 aromatic rings. The van der Waals surface area contributed by atoms with Gasteiger partial charge in [0.05, 0.1) is 11.2 Å². The number of halogens is 2. The van der Waals surface area contributed by atoms with Crippen LogP contribution in [-0.4, -0.2) is 32.5 Å². The first-order valence-corrected chi connectivity index (χ1v) is 9.50. The van der Waals surface area contributed by atoms with E-state index in [1.165, 1.54) is 12.1 Å². The van der Waals surface area contributed by atoms with Crippen LogP contribution in [0.25, 0.3) is 5.65 Å². The number of carbonyl (C=O) groups is 1. The number of nitrogens with one attached hydrogen (secondary N) is 1. The number of hydrogen-bond donors (Lipinski definition) is 1. The largest absolute Gasteiger partial charge is 0.486 e. The Bertz CT molecular complexity index is 1060. The van der Waals surface area contributed by atoms with Crippen LogP contribution in [0.5, 0.6) is 5.75 Å². The molecule has 3 saturated carbocycles. The highest BCUT2D eigenvalue weighted by Gasteiger charge is 2.68. The third kappa shape index (κ3) is 2.99. The van der Waals surface area contributed by atoms with Gasteiger partial charge in [-0.15, -0.1) is 0 Å². The molecule has 2 bridgehead atoms. The Morgan fingerprint density at radius 3 is 2.89 bits per heavy atom. The Morgan fingerprint density at radius 2 is 2.11 bits per heavy atom. The predicted octanol–water partition coefficient (Wildman–Crippen LogP) is 3.89. The third-order valence-corrected chi connectivity index (χ3v) is 5.96. The summed E-state index contributed by atoms with van der Waals surface area (Å²) < 4.78 is 20.5. The number of aromatic nitrogens is 3. The van der Waals surface area contributed by atoms with Gasteiger partial charge in [0, 0.05) is 30.3 Å². The van der Waals surface area contributed by atoms with Gasteiger partial charge < -0.3 is 10.1 Å². The standard InChI is InChI=1S/C20H18ClFN4O2/c21-15-2-1-14(7-16(15)22)28-9-13(27)8-19-10-20(11-19,12-19)25-17-4-6-26-18(24-17)3-5-23-26/h1-7H,8-12H2,(H,24,25). The van der Waals surface area contributed by atoms with Crippen LogP contribution < -0.4 is 10.1 Å². The van der Waals surface area contributed by atoms with E-state index >= 15 is 0 Å². The van der Waals surface area contributed by atoms with Crippen LogP contribution >= 0.6 is 11.6 Å². The molecule has 0 spiro atoms. The van der Waals surface area contributed by atoms with Crippen molar-refractivity contribution in [2.45, 2.75) is 31.2 Å². The van der Waals surface area contributed by atoms with Crippen molar-refractivity contribution < 1.29 is 13.9 Å². The van der Waals surface area contributed by atoms with Gasteiger partial charge in [-0.25, -0.2) is 13.9 Å². The summed E-state index contributed by atoms with van der Waals surface area (Å²) in [6.07, 6.45) is 6.94. The van der Waals surface area contributed by atoms with Gasteiger partial charge in [-0.2, -0.15) is 5.10 Å². The second-order valence-corrected chi connectivity index (χ2v) is 8.37. The van der Waals surface area contributed by atoms with Crippen molar-refractivity contribution in [1.29, 1.82) is 0 Å². The SMILES string of the molecule is O=C(COc1ccc(Cl)c(F)c1)CC12CC(Nc3ccn4nccc4n3)(C1)C2. The zero-order chi connectivity index (χ0) is 19.4. The summed E-state index contributed by atoms with van der Waals surface area (Å²) in [5.74, 6) is 0.622. The lowest BCUT2D eigenvalue weighted by Gasteiger charge is -2.71. The lowest BCUT2D eigenvalue weighted by Crippen LogP contribution is -2.71. The van der Waals surface area contributed by atoms with Crippen LogP contribution in [0.1, 0.15) is 25.7 Å². The van der Waals surface area contributed by atoms with Crippen molar-refractivity contribution in [3.8, 4) is 5.75 Å². The molecule has 0 radical (unpaired) electrons. The van der Waals surface area contributed by atoms with Crippen LogP contribution in [-0.2, 0) is 4.79 Å². The number of anilines is 1. The smallest absolute Gasteiger partial charge is 0.170 e. The first-order valence-electron chi connectivity index (χ1n) is 9.13. The van der Waals surface area contributed by atoms with Crippen molar-refractivity contribution in [3.05, 3.63) is 53.6 Å². The second-order valence-electron chi connectivity index (χ2n) is 7.96. The molecule has 3 fully saturated rings. The number of fused-ring (bicyclic) bond motifs is 1. The van der Waals surface area contributed by atoms with Gasteiger partial charge >= 0.3 is 0 Å². The number of benzene rings is 1. The number of hydrogen-bond acceptors (Lipinski definition) is 5. The van der Waals surface area contributed by atoms with E-state index in [0.29, 0.717) is 12.2 Å². The van der Waals surface area contributed by atoms with Crippen molar-refractivity contribution >= 4 is 28.8 Å². The number of carbonyl (C=O) groups excluding carboxylic acids is 1. The predicted molar refractivity (Wildman–Crippen MR) is 102 cm³/mol. The number of ether oxygens (including phenoxy) is 1. The highest BCUT2D eigenvalue weighted by molar-refractivity contribution is 6.30. The Morgan fingerprint density at radius 1 is 1.29 bits per heavy atom. The molecule has 0 aliphatic heterocycles. The van der Waals surface area contributed by atoms with E-state index in [1.54, 1.807) is 16.8 Å². The Kier molecular flexibility index (Phi) is 3.84. The summed E-state index contributed by atoms with van der Waals surface area (Å²) in [5, 5.41) is 7.70. The molecule has 28 heavy (non-hydrogen) atoms. The molecule has 2 heterocycles. The summed E-state index contributed by atoms with van der Waals surface area (Å²) in [7, 11) is 0. The molecule has 3 aliphatic carbocycles. The number of ketones is 1. The van der Waals surface area contributed by atoms with Gasteiger partial charge in [0.1, 0.15) is 24.0 Å². The molecular weight excluding hydrogens is 383 g/mol. The molecule has 3 aliphatic rings. The molecule has 0 unspecified atom stereocenters. The highest BCUT2D eigenvalue weighted by atomic mass is 35.5. The minimum absolute atomic E-state index is 0.0301. The molecule has 1 N–H and O–H groups in total. The molecule has 6 rings (SSSR count). The molecule has 2 aromatic heterocycles. The monoisotopic (exact) mass is 400 g/mol. The fourth-order valence-corrected chi connectivity index (χ4v) is 4.79. The molecule has 0 atom stereocenters. The average molecular weight is 401 g/mol. The van der Waals surface area contributed by atoms with Gasteiger partial charge in [0.25, 0.3) is 0 Å². The number of nitrogens with zero attached hydrogens (tertiary/aromatic N) is 3. The first kappa shape index (κ1) is 17.4. The lowest BCUT2D eigenvalue weighted by molar-refractivity contribution is -0.147. The highest BCUT2D eigenvalue weighted by Crippen LogP contribution is 2.70. The van der Waals surface area contributed by atoms with Crippen LogP contribution in [0.4, 0.5) is 10.2 Å². The molecule has 0 saturated heterocycles. The van der Waals surface area contributed by atoms with Crippen LogP contribution in [0, 0.1) is 11.2 Å². The van der Waals surface area contributed by atoms with Gasteiger partial charge in [-0.3, -0.25) is 4.79 Å². The quantitative estimate of drug-likeness (QED) is 0.651. The maximum Gasteiger partial charge on any atom is 0.170 e. The van der Waals surface area contributed by atoms with Crippen LogP contribution in [0.3, 0.4) is 0 Å². The average Bonchev–Trinajstić information content (AvgIpc) is 3.07. The molecular formula is C20H18ClFN4O2. The minimum atomic E-state index is -0.554. The van der Waals surface area contributed by atoms with Crippen molar-refractivity contribution in [1.82, 2.24) is 14.6 Å². The first-order chi connectivity index (χ1) is 13.4. The third-order valence-electron chi connectivity index (χ3n) is 5.65. The zero-order valence-corrected chi connectivity index (χ0v) is 15.7. The second kappa shape index (κ2) is 6.17. The van der Waals surface area contributed by atoms with Crippen molar-refractivity contribution in [2.75, 3.05) is 11.9 Å². The summed E-state index contributed by atoms with van der Waals surface area (Å²) >= 11 is 5.64. The van der Waals surface area contributed by atoms with Gasteiger partial charge in [0.2, 0.25) is 0 Å². The molecule has 6 nitrogen and oxygen atoms in total. The molecule has 144 valence electrons. The lowest BCUT2D eigenvalue weighted by atomic mass is 9.38. The fraction of sp³-hybridized carbons (Fsp3) is 0.350. The van der Waals surface area contributed by atoms with Gasteiger partial charge in [-0.1, -0.05) is 11.6 Å². The van der Waals surface area contributed by atoms with E-state index in [-0.39, 0.29) is 28.4 Å². The van der Waals surface area contributed by atoms with E-state index < -0.39 is 5.82 Å². The summed E-state index contributed by atoms with van der Waals surface area (Å²) in [6, 6.07) is 7.95. The zero-order valence-electron chi connectivity index (χ0n) is 15.0. The van der Waals surface area contributed by atoms with E-state index in [1.807, 2.05) is 18.3 Å². The van der Waals surface area contributed by atoms with Crippen molar-refractivity contribution in [2.24, 2.45) is 5.41 Å².